The maximum Gasteiger partial charge on any atom is 0.416 e. The summed E-state index contributed by atoms with van der Waals surface area (Å²) < 4.78 is 44.0. The van der Waals surface area contributed by atoms with Gasteiger partial charge < -0.3 is 20.4 Å². The molecule has 10 heteroatoms. The Morgan fingerprint density at radius 3 is 2.45 bits per heavy atom. The Balaban J connectivity index is 1.44. The van der Waals surface area contributed by atoms with Gasteiger partial charge in [0.15, 0.2) is 0 Å². The molecule has 0 saturated heterocycles. The van der Waals surface area contributed by atoms with Gasteiger partial charge in [-0.1, -0.05) is 6.07 Å². The number of aromatic nitrogens is 3. The lowest BCUT2D eigenvalue weighted by molar-refractivity contribution is -0.137. The summed E-state index contributed by atoms with van der Waals surface area (Å²) in [7, 11) is 0. The molecule has 7 nitrogen and oxygen atoms in total. The normalized spacial score (nSPS) is 11.2. The monoisotopic (exact) mass is 453 g/mol. The lowest BCUT2D eigenvalue weighted by atomic mass is 10.2. The number of pyridine rings is 1. The molecule has 0 radical (unpaired) electrons. The molecule has 0 saturated carbocycles. The number of H-pyrrole nitrogens is 1. The summed E-state index contributed by atoms with van der Waals surface area (Å²) >= 11 is 0. The number of nitrogens with one attached hydrogen (secondary N) is 3. The first-order valence-corrected chi connectivity index (χ1v) is 9.76. The SMILES string of the molecule is Cc1ccc(Oc2ccnc(-c3cnc[nH]3)c2)cc1NC(=O)Nc1ccc(C(F)(F)F)cc1. The van der Waals surface area contributed by atoms with Gasteiger partial charge in [-0.2, -0.15) is 13.2 Å². The number of aryl methyl sites for hydroxylation is 1. The van der Waals surface area contributed by atoms with Crippen LogP contribution >= 0.6 is 0 Å². The van der Waals surface area contributed by atoms with Crippen LogP contribution in [0.1, 0.15) is 11.1 Å². The average molecular weight is 453 g/mol. The van der Waals surface area contributed by atoms with Gasteiger partial charge in [0.25, 0.3) is 0 Å². The number of hydrogen-bond acceptors (Lipinski definition) is 4. The van der Waals surface area contributed by atoms with Crippen LogP contribution in [0.5, 0.6) is 11.5 Å². The second-order valence-corrected chi connectivity index (χ2v) is 7.08. The van der Waals surface area contributed by atoms with Crippen LogP contribution in [-0.2, 0) is 6.18 Å². The van der Waals surface area contributed by atoms with Crippen LogP contribution < -0.4 is 15.4 Å². The third-order valence-corrected chi connectivity index (χ3v) is 4.67. The van der Waals surface area contributed by atoms with Crippen molar-refractivity contribution in [3.05, 3.63) is 84.4 Å². The molecule has 168 valence electrons. The number of carbonyl (C=O) groups excluding carboxylic acids is 1. The smallest absolute Gasteiger partial charge is 0.416 e. The molecule has 0 aliphatic heterocycles. The number of carbonyl (C=O) groups is 1. The predicted molar refractivity (Wildman–Crippen MR) is 117 cm³/mol. The van der Waals surface area contributed by atoms with Crippen LogP contribution in [0.4, 0.5) is 29.3 Å². The van der Waals surface area contributed by atoms with Gasteiger partial charge in [-0.25, -0.2) is 9.78 Å². The number of ether oxygens (including phenoxy) is 1. The third-order valence-electron chi connectivity index (χ3n) is 4.67. The van der Waals surface area contributed by atoms with E-state index in [4.69, 9.17) is 4.74 Å². The number of urea groups is 1. The molecule has 2 aromatic carbocycles. The van der Waals surface area contributed by atoms with E-state index in [2.05, 4.69) is 25.6 Å². The fourth-order valence-electron chi connectivity index (χ4n) is 2.98. The molecular formula is C23H18F3N5O2. The highest BCUT2D eigenvalue weighted by atomic mass is 19.4. The van der Waals surface area contributed by atoms with Gasteiger partial charge in [0.2, 0.25) is 0 Å². The van der Waals surface area contributed by atoms with E-state index in [1.807, 2.05) is 0 Å². The zero-order chi connectivity index (χ0) is 23.4. The number of imidazole rings is 1. The van der Waals surface area contributed by atoms with Gasteiger partial charge in [0.1, 0.15) is 11.5 Å². The van der Waals surface area contributed by atoms with Crippen LogP contribution in [0.2, 0.25) is 0 Å². The van der Waals surface area contributed by atoms with E-state index >= 15 is 0 Å². The molecule has 0 atom stereocenters. The minimum absolute atomic E-state index is 0.230. The van der Waals surface area contributed by atoms with E-state index in [0.29, 0.717) is 22.9 Å². The zero-order valence-corrected chi connectivity index (χ0v) is 17.3. The quantitative estimate of drug-likeness (QED) is 0.334. The molecule has 2 aromatic heterocycles. The van der Waals surface area contributed by atoms with E-state index in [1.54, 1.807) is 56.0 Å². The molecule has 0 aliphatic rings. The standard InChI is InChI=1S/C23H18F3N5O2/c1-14-2-7-17(33-18-8-9-28-20(11-18)21-12-27-13-29-21)10-19(14)31-22(32)30-16-5-3-15(4-6-16)23(24,25)26/h2-13H,1H3,(H,27,29)(H2,30,31,32). The second kappa shape index (κ2) is 9.03. The zero-order valence-electron chi connectivity index (χ0n) is 17.3. The first-order chi connectivity index (χ1) is 15.8. The Kier molecular flexibility index (Phi) is 5.99. The number of aromatic amines is 1. The van der Waals surface area contributed by atoms with Gasteiger partial charge in [0, 0.05) is 29.7 Å². The minimum atomic E-state index is -4.44. The highest BCUT2D eigenvalue weighted by molar-refractivity contribution is 6.00. The Bertz CT molecular complexity index is 1260. The van der Waals surface area contributed by atoms with E-state index < -0.39 is 17.8 Å². The first-order valence-electron chi connectivity index (χ1n) is 9.76. The van der Waals surface area contributed by atoms with Gasteiger partial charge in [0.05, 0.1) is 29.5 Å². The molecule has 3 N–H and O–H groups in total. The maximum atomic E-state index is 12.7. The molecule has 0 unspecified atom stereocenters. The van der Waals surface area contributed by atoms with Crippen LogP contribution in [0.15, 0.2) is 73.3 Å². The first kappa shape index (κ1) is 21.9. The average Bonchev–Trinajstić information content (AvgIpc) is 3.31. The number of nitrogens with zero attached hydrogens (tertiary/aromatic N) is 2. The number of anilines is 2. The third kappa shape index (κ3) is 5.48. The Labute approximate surface area is 186 Å². The lowest BCUT2D eigenvalue weighted by Gasteiger charge is -2.13. The number of halogens is 3. The maximum absolute atomic E-state index is 12.7. The largest absolute Gasteiger partial charge is 0.457 e. The summed E-state index contributed by atoms with van der Waals surface area (Å²) in [5, 5.41) is 5.20. The Morgan fingerprint density at radius 1 is 1.00 bits per heavy atom. The van der Waals surface area contributed by atoms with Crippen molar-refractivity contribution < 1.29 is 22.7 Å². The molecule has 0 bridgehead atoms. The van der Waals surface area contributed by atoms with Crippen LogP contribution in [0.25, 0.3) is 11.4 Å². The summed E-state index contributed by atoms with van der Waals surface area (Å²) in [6.45, 7) is 1.81. The van der Waals surface area contributed by atoms with Crippen LogP contribution in [0.3, 0.4) is 0 Å². The molecule has 0 aliphatic carbocycles. The van der Waals surface area contributed by atoms with Crippen molar-refractivity contribution in [3.8, 4) is 22.9 Å². The Hall–Kier alpha value is -4.34. The van der Waals surface area contributed by atoms with E-state index in [-0.39, 0.29) is 5.69 Å². The van der Waals surface area contributed by atoms with Gasteiger partial charge >= 0.3 is 12.2 Å². The molecular weight excluding hydrogens is 435 g/mol. The van der Waals surface area contributed by atoms with Crippen molar-refractivity contribution in [2.24, 2.45) is 0 Å². The second-order valence-electron chi connectivity index (χ2n) is 7.08. The number of rotatable bonds is 5. The van der Waals surface area contributed by atoms with Gasteiger partial charge in [-0.3, -0.25) is 4.98 Å². The number of hydrogen-bond donors (Lipinski definition) is 3. The molecule has 33 heavy (non-hydrogen) atoms. The van der Waals surface area contributed by atoms with E-state index in [1.165, 1.54) is 12.1 Å². The van der Waals surface area contributed by atoms with Crippen molar-refractivity contribution in [2.45, 2.75) is 13.1 Å². The fraction of sp³-hybridized carbons (Fsp3) is 0.0870. The fourth-order valence-corrected chi connectivity index (χ4v) is 2.98. The van der Waals surface area contributed by atoms with Crippen LogP contribution in [0, 0.1) is 6.92 Å². The highest BCUT2D eigenvalue weighted by Gasteiger charge is 2.30. The number of amides is 2. The van der Waals surface area contributed by atoms with Crippen molar-refractivity contribution in [2.75, 3.05) is 10.6 Å². The summed E-state index contributed by atoms with van der Waals surface area (Å²) in [4.78, 5) is 23.6. The molecule has 0 spiro atoms. The van der Waals surface area contributed by atoms with E-state index in [0.717, 1.165) is 23.4 Å². The summed E-state index contributed by atoms with van der Waals surface area (Å²) in [5.41, 5.74) is 2.10. The molecule has 2 heterocycles. The predicted octanol–water partition coefficient (Wildman–Crippen LogP) is 6.24. The molecule has 2 amide bonds. The van der Waals surface area contributed by atoms with Crippen molar-refractivity contribution in [1.82, 2.24) is 15.0 Å². The topological polar surface area (TPSA) is 91.9 Å². The highest BCUT2D eigenvalue weighted by Crippen LogP contribution is 2.30. The number of alkyl halides is 3. The van der Waals surface area contributed by atoms with Gasteiger partial charge in [-0.15, -0.1) is 0 Å². The van der Waals surface area contributed by atoms with Gasteiger partial charge in [-0.05, 0) is 48.9 Å². The van der Waals surface area contributed by atoms with Crippen LogP contribution in [-0.4, -0.2) is 21.0 Å². The summed E-state index contributed by atoms with van der Waals surface area (Å²) in [6.07, 6.45) is 0.371. The van der Waals surface area contributed by atoms with Crippen molar-refractivity contribution >= 4 is 17.4 Å². The van der Waals surface area contributed by atoms with E-state index in [9.17, 15) is 18.0 Å². The molecule has 4 aromatic rings. The number of benzene rings is 2. The Morgan fingerprint density at radius 2 is 1.76 bits per heavy atom. The molecule has 4 rings (SSSR count). The van der Waals surface area contributed by atoms with Crippen molar-refractivity contribution in [1.29, 1.82) is 0 Å². The summed E-state index contributed by atoms with van der Waals surface area (Å²) in [5.74, 6) is 1.02. The summed E-state index contributed by atoms with van der Waals surface area (Å²) in [6, 6.07) is 12.2. The van der Waals surface area contributed by atoms with Crippen molar-refractivity contribution in [3.63, 3.8) is 0 Å². The lowest BCUT2D eigenvalue weighted by Crippen LogP contribution is -2.20. The minimum Gasteiger partial charge on any atom is -0.457 e. The molecule has 0 fully saturated rings.